The van der Waals surface area contributed by atoms with Crippen LogP contribution in [0.15, 0.2) is 11.8 Å². The Kier molecular flexibility index (Phi) is 3.14. The van der Waals surface area contributed by atoms with Crippen LogP contribution in [0, 0.1) is 22.7 Å². The van der Waals surface area contributed by atoms with Gasteiger partial charge in [0.1, 0.15) is 18.4 Å². The summed E-state index contributed by atoms with van der Waals surface area (Å²) in [4.78, 5) is 9.65. The number of ether oxygens (including phenoxy) is 1. The standard InChI is InChI=1S/C5H2N2O3/c6-1-4(2-7)3-10-5(8)9/h3H,(H,8,9). The van der Waals surface area contributed by atoms with Gasteiger partial charge in [-0.05, 0) is 0 Å². The third kappa shape index (κ3) is 3.05. The van der Waals surface area contributed by atoms with Crippen LogP contribution in [0.2, 0.25) is 0 Å². The molecule has 5 heteroatoms. The summed E-state index contributed by atoms with van der Waals surface area (Å²) in [6.45, 7) is 0. The first-order valence-electron chi connectivity index (χ1n) is 2.10. The smallest absolute Gasteiger partial charge is 0.449 e. The lowest BCUT2D eigenvalue weighted by Gasteiger charge is -1.85. The minimum Gasteiger partial charge on any atom is -0.449 e. The number of carbonyl (C=O) groups is 1. The van der Waals surface area contributed by atoms with Gasteiger partial charge in [-0.15, -0.1) is 0 Å². The van der Waals surface area contributed by atoms with Gasteiger partial charge in [0.2, 0.25) is 0 Å². The number of carboxylic acid groups (broad SMARTS) is 1. The lowest BCUT2D eigenvalue weighted by atomic mass is 10.4. The molecule has 0 fully saturated rings. The molecule has 10 heavy (non-hydrogen) atoms. The number of nitriles is 2. The van der Waals surface area contributed by atoms with E-state index in [4.69, 9.17) is 15.6 Å². The highest BCUT2D eigenvalue weighted by Crippen LogP contribution is 1.89. The summed E-state index contributed by atoms with van der Waals surface area (Å²) in [5, 5.41) is 23.9. The lowest BCUT2D eigenvalue weighted by molar-refractivity contribution is 0.128. The average molecular weight is 138 g/mol. The molecule has 1 N–H and O–H groups in total. The van der Waals surface area contributed by atoms with Crippen molar-refractivity contribution in [3.8, 4) is 12.1 Å². The van der Waals surface area contributed by atoms with Crippen LogP contribution in [-0.4, -0.2) is 11.3 Å². The Labute approximate surface area is 56.4 Å². The average Bonchev–Trinajstić information content (AvgIpc) is 1.90. The number of hydrogen-bond donors (Lipinski definition) is 1. The Bertz CT molecular complexity index is 227. The quantitative estimate of drug-likeness (QED) is 0.325. The fraction of sp³-hybridized carbons (Fsp3) is 0. The van der Waals surface area contributed by atoms with Gasteiger partial charge in [-0.2, -0.15) is 10.5 Å². The van der Waals surface area contributed by atoms with Crippen molar-refractivity contribution >= 4 is 6.16 Å². The zero-order valence-corrected chi connectivity index (χ0v) is 4.74. The van der Waals surface area contributed by atoms with Crippen LogP contribution >= 0.6 is 0 Å². The minimum absolute atomic E-state index is 0.387. The molecule has 0 bridgehead atoms. The molecule has 0 saturated heterocycles. The Morgan fingerprint density at radius 3 is 2.30 bits per heavy atom. The molecule has 0 heterocycles. The molecule has 0 aromatic rings. The van der Waals surface area contributed by atoms with Crippen LogP contribution in [0.25, 0.3) is 0 Å². The Balaban J connectivity index is 4.07. The van der Waals surface area contributed by atoms with Gasteiger partial charge < -0.3 is 9.84 Å². The van der Waals surface area contributed by atoms with Crippen LogP contribution in [-0.2, 0) is 4.74 Å². The van der Waals surface area contributed by atoms with E-state index in [0.29, 0.717) is 6.26 Å². The molecule has 0 aliphatic carbocycles. The first kappa shape index (κ1) is 7.99. The molecule has 0 saturated carbocycles. The van der Waals surface area contributed by atoms with E-state index in [1.54, 1.807) is 0 Å². The molecular weight excluding hydrogens is 136 g/mol. The molecule has 5 nitrogen and oxygen atoms in total. The van der Waals surface area contributed by atoms with E-state index in [-0.39, 0.29) is 5.57 Å². The third-order valence-electron chi connectivity index (χ3n) is 0.518. The van der Waals surface area contributed by atoms with Crippen molar-refractivity contribution in [2.24, 2.45) is 0 Å². The van der Waals surface area contributed by atoms with E-state index >= 15 is 0 Å². The monoisotopic (exact) mass is 138 g/mol. The number of nitrogens with zero attached hydrogens (tertiary/aromatic N) is 2. The van der Waals surface area contributed by atoms with Crippen molar-refractivity contribution in [1.82, 2.24) is 0 Å². The number of hydrogen-bond acceptors (Lipinski definition) is 4. The summed E-state index contributed by atoms with van der Waals surface area (Å²) in [7, 11) is 0. The third-order valence-corrected chi connectivity index (χ3v) is 0.518. The predicted octanol–water partition coefficient (Wildman–Crippen LogP) is 0.612. The van der Waals surface area contributed by atoms with E-state index in [9.17, 15) is 4.79 Å². The second-order valence-electron chi connectivity index (χ2n) is 1.14. The van der Waals surface area contributed by atoms with Gasteiger partial charge >= 0.3 is 6.16 Å². The Morgan fingerprint density at radius 1 is 1.50 bits per heavy atom. The van der Waals surface area contributed by atoms with Gasteiger partial charge in [-0.25, -0.2) is 4.79 Å². The highest BCUT2D eigenvalue weighted by atomic mass is 16.7. The maximum absolute atomic E-state index is 9.65. The molecule has 0 aromatic carbocycles. The van der Waals surface area contributed by atoms with E-state index in [1.165, 1.54) is 12.1 Å². The van der Waals surface area contributed by atoms with Crippen molar-refractivity contribution in [3.63, 3.8) is 0 Å². The van der Waals surface area contributed by atoms with Crippen molar-refractivity contribution in [2.45, 2.75) is 0 Å². The molecule has 0 unspecified atom stereocenters. The Morgan fingerprint density at radius 2 is 2.00 bits per heavy atom. The van der Waals surface area contributed by atoms with Crippen LogP contribution in [0.5, 0.6) is 0 Å². The van der Waals surface area contributed by atoms with Crippen LogP contribution in [0.3, 0.4) is 0 Å². The van der Waals surface area contributed by atoms with E-state index < -0.39 is 6.16 Å². The first-order valence-corrected chi connectivity index (χ1v) is 2.10. The van der Waals surface area contributed by atoms with Gasteiger partial charge in [-0.3, -0.25) is 0 Å². The molecule has 0 aromatic heterocycles. The maximum atomic E-state index is 9.65. The van der Waals surface area contributed by atoms with E-state index in [1.807, 2.05) is 0 Å². The van der Waals surface area contributed by atoms with E-state index in [2.05, 4.69) is 4.74 Å². The molecule has 0 spiro atoms. The summed E-state index contributed by atoms with van der Waals surface area (Å²) in [6, 6.07) is 2.84. The molecule has 0 rings (SSSR count). The van der Waals surface area contributed by atoms with Crippen molar-refractivity contribution < 1.29 is 14.6 Å². The molecule has 0 radical (unpaired) electrons. The molecule has 50 valence electrons. The van der Waals surface area contributed by atoms with Crippen molar-refractivity contribution in [2.75, 3.05) is 0 Å². The largest absolute Gasteiger partial charge is 0.510 e. The van der Waals surface area contributed by atoms with Crippen LogP contribution in [0.4, 0.5) is 4.79 Å². The SMILES string of the molecule is N#CC(C#N)=COC(=O)O. The summed E-state index contributed by atoms with van der Waals surface area (Å²) in [5.41, 5.74) is -0.387. The fourth-order valence-electron chi connectivity index (χ4n) is 0.187. The second-order valence-corrected chi connectivity index (χ2v) is 1.14. The first-order chi connectivity index (χ1) is 4.70. The fourth-order valence-corrected chi connectivity index (χ4v) is 0.187. The summed E-state index contributed by atoms with van der Waals surface area (Å²) >= 11 is 0. The zero-order valence-electron chi connectivity index (χ0n) is 4.74. The molecule has 0 aliphatic rings. The highest BCUT2D eigenvalue weighted by molar-refractivity contribution is 5.58. The molecule has 0 atom stereocenters. The van der Waals surface area contributed by atoms with Gasteiger partial charge in [0.05, 0.1) is 0 Å². The van der Waals surface area contributed by atoms with Gasteiger partial charge in [0.15, 0.2) is 5.57 Å². The van der Waals surface area contributed by atoms with Crippen molar-refractivity contribution in [1.29, 1.82) is 10.5 Å². The van der Waals surface area contributed by atoms with Gasteiger partial charge in [0.25, 0.3) is 0 Å². The minimum atomic E-state index is -1.55. The van der Waals surface area contributed by atoms with Crippen LogP contribution < -0.4 is 0 Å². The zero-order chi connectivity index (χ0) is 7.98. The second kappa shape index (κ2) is 3.93. The lowest BCUT2D eigenvalue weighted by Crippen LogP contribution is -1.92. The van der Waals surface area contributed by atoms with Crippen LogP contribution in [0.1, 0.15) is 0 Å². The molecule has 0 aliphatic heterocycles. The predicted molar refractivity (Wildman–Crippen MR) is 28.4 cm³/mol. The van der Waals surface area contributed by atoms with Gasteiger partial charge in [0, 0.05) is 0 Å². The number of rotatable bonds is 1. The summed E-state index contributed by atoms with van der Waals surface area (Å²) in [6.07, 6.45) is -0.981. The van der Waals surface area contributed by atoms with E-state index in [0.717, 1.165) is 0 Å². The Hall–Kier alpha value is -2.01. The summed E-state index contributed by atoms with van der Waals surface area (Å²) < 4.78 is 3.80. The maximum Gasteiger partial charge on any atom is 0.510 e. The molecular formula is C5H2N2O3. The topological polar surface area (TPSA) is 94.1 Å². The van der Waals surface area contributed by atoms with Gasteiger partial charge in [-0.1, -0.05) is 0 Å². The normalized spacial score (nSPS) is 6.60. The summed E-state index contributed by atoms with van der Waals surface area (Å²) in [5.74, 6) is 0. The highest BCUT2D eigenvalue weighted by Gasteiger charge is 1.94. The molecule has 0 amide bonds. The number of allylic oxidation sites excluding steroid dienone is 1. The van der Waals surface area contributed by atoms with Crippen molar-refractivity contribution in [3.05, 3.63) is 11.8 Å².